The first kappa shape index (κ1) is 15.6. The standard InChI is InChI=1S/C18H25N5/c1-3-16-14(12-23(2)22-16)11-20-18(19)21-17-10-6-8-13-7-4-5-9-15(13)17/h6,8,10,12H,3-5,7,9,11H2,1-2H3,(H3,19,20,21). The molecule has 1 aliphatic rings. The Kier molecular flexibility index (Phi) is 4.65. The number of guanidine groups is 1. The van der Waals surface area contributed by atoms with E-state index in [0.717, 1.165) is 36.2 Å². The number of nitrogens with zero attached hydrogens (tertiary/aromatic N) is 3. The van der Waals surface area contributed by atoms with E-state index in [1.807, 2.05) is 17.9 Å². The average molecular weight is 311 g/mol. The van der Waals surface area contributed by atoms with Crippen molar-refractivity contribution in [1.82, 2.24) is 9.78 Å². The molecule has 122 valence electrons. The normalized spacial score (nSPS) is 14.6. The summed E-state index contributed by atoms with van der Waals surface area (Å²) < 4.78 is 1.83. The van der Waals surface area contributed by atoms with Gasteiger partial charge in [0.25, 0.3) is 0 Å². The summed E-state index contributed by atoms with van der Waals surface area (Å²) in [5.74, 6) is 0.467. The van der Waals surface area contributed by atoms with Crippen molar-refractivity contribution in [3.63, 3.8) is 0 Å². The van der Waals surface area contributed by atoms with Crippen LogP contribution in [0.1, 0.15) is 42.1 Å². The number of hydrogen-bond donors (Lipinski definition) is 2. The highest BCUT2D eigenvalue weighted by molar-refractivity contribution is 5.93. The Balaban J connectivity index is 1.73. The first-order valence-corrected chi connectivity index (χ1v) is 8.36. The van der Waals surface area contributed by atoms with Gasteiger partial charge in [-0.1, -0.05) is 19.1 Å². The molecular formula is C18H25N5. The molecular weight excluding hydrogens is 286 g/mol. The van der Waals surface area contributed by atoms with Gasteiger partial charge in [0, 0.05) is 24.5 Å². The number of hydrogen-bond acceptors (Lipinski definition) is 2. The third kappa shape index (κ3) is 3.55. The number of aromatic nitrogens is 2. The minimum Gasteiger partial charge on any atom is -0.370 e. The highest BCUT2D eigenvalue weighted by Gasteiger charge is 2.13. The molecule has 0 aliphatic heterocycles. The summed E-state index contributed by atoms with van der Waals surface area (Å²) >= 11 is 0. The lowest BCUT2D eigenvalue weighted by atomic mass is 9.90. The molecule has 0 spiro atoms. The van der Waals surface area contributed by atoms with Gasteiger partial charge in [-0.3, -0.25) is 4.68 Å². The molecule has 0 saturated heterocycles. The highest BCUT2D eigenvalue weighted by Crippen LogP contribution is 2.27. The van der Waals surface area contributed by atoms with Crippen LogP contribution >= 0.6 is 0 Å². The Morgan fingerprint density at radius 3 is 3.00 bits per heavy atom. The van der Waals surface area contributed by atoms with E-state index in [1.165, 1.54) is 24.0 Å². The largest absolute Gasteiger partial charge is 0.370 e. The quantitative estimate of drug-likeness (QED) is 0.674. The third-order valence-corrected chi connectivity index (χ3v) is 4.41. The van der Waals surface area contributed by atoms with Crippen LogP contribution in [-0.2, 0) is 32.9 Å². The molecule has 3 rings (SSSR count). The number of aliphatic imine (C=N–C) groups is 1. The number of aryl methyl sites for hydroxylation is 3. The smallest absolute Gasteiger partial charge is 0.193 e. The summed E-state index contributed by atoms with van der Waals surface area (Å²) in [6.45, 7) is 2.66. The summed E-state index contributed by atoms with van der Waals surface area (Å²) in [7, 11) is 1.93. The van der Waals surface area contributed by atoms with E-state index in [1.54, 1.807) is 0 Å². The maximum Gasteiger partial charge on any atom is 0.193 e. The first-order chi connectivity index (χ1) is 11.2. The van der Waals surface area contributed by atoms with Crippen molar-refractivity contribution in [2.24, 2.45) is 17.8 Å². The fourth-order valence-electron chi connectivity index (χ4n) is 3.26. The summed E-state index contributed by atoms with van der Waals surface area (Å²) in [5.41, 5.74) is 12.3. The van der Waals surface area contributed by atoms with Gasteiger partial charge in [0.2, 0.25) is 0 Å². The maximum absolute atomic E-state index is 6.10. The summed E-state index contributed by atoms with van der Waals surface area (Å²) in [6.07, 6.45) is 7.73. The molecule has 0 fully saturated rings. The Labute approximate surface area is 137 Å². The molecule has 0 unspecified atom stereocenters. The molecule has 5 heteroatoms. The zero-order chi connectivity index (χ0) is 16.2. The number of rotatable bonds is 4. The van der Waals surface area contributed by atoms with Crippen LogP contribution in [0.4, 0.5) is 5.69 Å². The highest BCUT2D eigenvalue weighted by atomic mass is 15.3. The minimum atomic E-state index is 0.467. The number of fused-ring (bicyclic) bond motifs is 1. The minimum absolute atomic E-state index is 0.467. The molecule has 0 atom stereocenters. The van der Waals surface area contributed by atoms with E-state index in [0.29, 0.717) is 12.5 Å². The van der Waals surface area contributed by atoms with Crippen LogP contribution in [0, 0.1) is 0 Å². The fourth-order valence-corrected chi connectivity index (χ4v) is 3.26. The van der Waals surface area contributed by atoms with Crippen LogP contribution in [-0.4, -0.2) is 15.7 Å². The summed E-state index contributed by atoms with van der Waals surface area (Å²) in [4.78, 5) is 4.49. The van der Waals surface area contributed by atoms with E-state index in [9.17, 15) is 0 Å². The van der Waals surface area contributed by atoms with Crippen molar-refractivity contribution in [1.29, 1.82) is 0 Å². The second kappa shape index (κ2) is 6.86. The van der Waals surface area contributed by atoms with Gasteiger partial charge < -0.3 is 11.1 Å². The molecule has 0 saturated carbocycles. The third-order valence-electron chi connectivity index (χ3n) is 4.41. The van der Waals surface area contributed by atoms with Gasteiger partial charge in [-0.2, -0.15) is 5.10 Å². The Morgan fingerprint density at radius 1 is 1.35 bits per heavy atom. The van der Waals surface area contributed by atoms with Crippen molar-refractivity contribution in [3.8, 4) is 0 Å². The Morgan fingerprint density at radius 2 is 2.17 bits per heavy atom. The lowest BCUT2D eigenvalue weighted by molar-refractivity contribution is 0.687. The zero-order valence-electron chi connectivity index (χ0n) is 14.0. The topological polar surface area (TPSA) is 68.2 Å². The van der Waals surface area contributed by atoms with E-state index < -0.39 is 0 Å². The lowest BCUT2D eigenvalue weighted by Crippen LogP contribution is -2.24. The van der Waals surface area contributed by atoms with Crippen LogP contribution in [0.15, 0.2) is 29.4 Å². The molecule has 2 aromatic rings. The molecule has 1 aromatic carbocycles. The van der Waals surface area contributed by atoms with Crippen molar-refractivity contribution < 1.29 is 0 Å². The first-order valence-electron chi connectivity index (χ1n) is 8.36. The summed E-state index contributed by atoms with van der Waals surface area (Å²) in [6, 6.07) is 6.40. The SMILES string of the molecule is CCc1nn(C)cc1CN=C(N)Nc1cccc2c1CCCC2. The molecule has 1 aromatic heterocycles. The van der Waals surface area contributed by atoms with Crippen LogP contribution < -0.4 is 11.1 Å². The molecule has 0 bridgehead atoms. The molecule has 1 heterocycles. The van der Waals surface area contributed by atoms with Crippen LogP contribution in [0.3, 0.4) is 0 Å². The van der Waals surface area contributed by atoms with E-state index in [2.05, 4.69) is 40.5 Å². The van der Waals surface area contributed by atoms with E-state index in [-0.39, 0.29) is 0 Å². The fraction of sp³-hybridized carbons (Fsp3) is 0.444. The zero-order valence-corrected chi connectivity index (χ0v) is 14.0. The average Bonchev–Trinajstić information content (AvgIpc) is 2.93. The van der Waals surface area contributed by atoms with E-state index in [4.69, 9.17) is 5.73 Å². The van der Waals surface area contributed by atoms with Gasteiger partial charge >= 0.3 is 0 Å². The maximum atomic E-state index is 6.10. The molecule has 0 radical (unpaired) electrons. The number of nitrogens with two attached hydrogens (primary N) is 1. The Hall–Kier alpha value is -2.30. The van der Waals surface area contributed by atoms with Crippen LogP contribution in [0.5, 0.6) is 0 Å². The molecule has 1 aliphatic carbocycles. The predicted molar refractivity (Wildman–Crippen MR) is 94.6 cm³/mol. The van der Waals surface area contributed by atoms with Gasteiger partial charge in [-0.25, -0.2) is 4.99 Å². The van der Waals surface area contributed by atoms with Crippen LogP contribution in [0.25, 0.3) is 0 Å². The van der Waals surface area contributed by atoms with Gasteiger partial charge in [0.15, 0.2) is 5.96 Å². The van der Waals surface area contributed by atoms with Crippen LogP contribution in [0.2, 0.25) is 0 Å². The monoisotopic (exact) mass is 311 g/mol. The number of benzene rings is 1. The lowest BCUT2D eigenvalue weighted by Gasteiger charge is -2.19. The molecule has 0 amide bonds. The van der Waals surface area contributed by atoms with Gasteiger partial charge in [0.05, 0.1) is 12.2 Å². The molecule has 3 N–H and O–H groups in total. The van der Waals surface area contributed by atoms with Crippen molar-refractivity contribution in [3.05, 3.63) is 46.8 Å². The van der Waals surface area contributed by atoms with Gasteiger partial charge in [-0.15, -0.1) is 0 Å². The molecule has 23 heavy (non-hydrogen) atoms. The van der Waals surface area contributed by atoms with E-state index >= 15 is 0 Å². The molecule has 5 nitrogen and oxygen atoms in total. The second-order valence-electron chi connectivity index (χ2n) is 6.11. The number of nitrogens with one attached hydrogen (secondary N) is 1. The second-order valence-corrected chi connectivity index (χ2v) is 6.11. The van der Waals surface area contributed by atoms with Gasteiger partial charge in [0.1, 0.15) is 0 Å². The van der Waals surface area contributed by atoms with Crippen molar-refractivity contribution in [2.45, 2.75) is 45.6 Å². The number of anilines is 1. The van der Waals surface area contributed by atoms with Crippen molar-refractivity contribution in [2.75, 3.05) is 5.32 Å². The predicted octanol–water partition coefficient (Wildman–Crippen LogP) is 2.79. The summed E-state index contributed by atoms with van der Waals surface area (Å²) in [5, 5.41) is 7.72. The Bertz CT molecular complexity index is 714. The van der Waals surface area contributed by atoms with Crippen molar-refractivity contribution >= 4 is 11.6 Å². The van der Waals surface area contributed by atoms with Gasteiger partial charge in [-0.05, 0) is 49.3 Å².